The molecule has 0 amide bonds. The second-order valence-electron chi connectivity index (χ2n) is 4.67. The van der Waals surface area contributed by atoms with E-state index in [1.165, 1.54) is 5.56 Å². The first-order chi connectivity index (χ1) is 8.41. The highest BCUT2D eigenvalue weighted by atomic mass is 19.3. The van der Waals surface area contributed by atoms with E-state index in [0.29, 0.717) is 6.42 Å². The lowest BCUT2D eigenvalue weighted by molar-refractivity contribution is 0.0152. The molecule has 0 aliphatic rings. The summed E-state index contributed by atoms with van der Waals surface area (Å²) in [6.07, 6.45) is -1.86. The third kappa shape index (κ3) is 4.35. The van der Waals surface area contributed by atoms with Crippen molar-refractivity contribution < 1.29 is 13.5 Å². The van der Waals surface area contributed by atoms with Crippen LogP contribution in [0.15, 0.2) is 12.1 Å². The van der Waals surface area contributed by atoms with E-state index in [4.69, 9.17) is 10.5 Å². The Bertz CT molecular complexity index is 370. The molecule has 0 heterocycles. The van der Waals surface area contributed by atoms with Gasteiger partial charge in [0.1, 0.15) is 6.61 Å². The van der Waals surface area contributed by atoms with Gasteiger partial charge in [0.25, 0.3) is 6.43 Å². The number of aryl methyl sites for hydroxylation is 3. The minimum atomic E-state index is -2.41. The predicted octanol–water partition coefficient (Wildman–Crippen LogP) is 3.28. The maximum atomic E-state index is 11.9. The molecule has 0 spiro atoms. The normalized spacial score (nSPS) is 13.1. The first-order valence-corrected chi connectivity index (χ1v) is 6.11. The molecule has 1 aromatic carbocycles. The Morgan fingerprint density at radius 2 is 1.72 bits per heavy atom. The van der Waals surface area contributed by atoms with Crippen LogP contribution in [-0.2, 0) is 4.74 Å². The Morgan fingerprint density at radius 3 is 2.22 bits per heavy atom. The van der Waals surface area contributed by atoms with Gasteiger partial charge in [-0.2, -0.15) is 0 Å². The lowest BCUT2D eigenvalue weighted by atomic mass is 9.93. The molecule has 0 radical (unpaired) electrons. The van der Waals surface area contributed by atoms with Gasteiger partial charge in [0.2, 0.25) is 0 Å². The molecule has 18 heavy (non-hydrogen) atoms. The van der Waals surface area contributed by atoms with Crippen molar-refractivity contribution in [2.45, 2.75) is 39.7 Å². The van der Waals surface area contributed by atoms with E-state index in [1.54, 1.807) is 0 Å². The standard InChI is InChI=1S/C14H21F2NO/c1-9-6-10(2)14(11(3)7-9)12(17)4-5-18-8-13(15)16/h6-7,12-13H,4-5,8,17H2,1-3H3. The average Bonchev–Trinajstić information content (AvgIpc) is 2.22. The monoisotopic (exact) mass is 257 g/mol. The fourth-order valence-corrected chi connectivity index (χ4v) is 2.30. The summed E-state index contributed by atoms with van der Waals surface area (Å²) in [5.41, 5.74) is 10.7. The Morgan fingerprint density at radius 1 is 1.17 bits per heavy atom. The summed E-state index contributed by atoms with van der Waals surface area (Å²) in [4.78, 5) is 0. The molecule has 0 fully saturated rings. The molecule has 1 atom stereocenters. The van der Waals surface area contributed by atoms with E-state index in [0.717, 1.165) is 16.7 Å². The zero-order valence-corrected chi connectivity index (χ0v) is 11.2. The van der Waals surface area contributed by atoms with E-state index in [1.807, 2.05) is 20.8 Å². The maximum Gasteiger partial charge on any atom is 0.261 e. The van der Waals surface area contributed by atoms with Gasteiger partial charge in [0.15, 0.2) is 0 Å². The molecule has 4 heteroatoms. The molecule has 1 rings (SSSR count). The zero-order valence-electron chi connectivity index (χ0n) is 11.2. The number of benzene rings is 1. The van der Waals surface area contributed by atoms with E-state index in [9.17, 15) is 8.78 Å². The van der Waals surface area contributed by atoms with Crippen molar-refractivity contribution in [2.24, 2.45) is 5.73 Å². The highest BCUT2D eigenvalue weighted by Gasteiger charge is 2.12. The van der Waals surface area contributed by atoms with Crippen molar-refractivity contribution in [1.82, 2.24) is 0 Å². The van der Waals surface area contributed by atoms with Gasteiger partial charge in [0, 0.05) is 12.6 Å². The Balaban J connectivity index is 2.59. The molecule has 1 unspecified atom stereocenters. The lowest BCUT2D eigenvalue weighted by Crippen LogP contribution is -2.17. The van der Waals surface area contributed by atoms with Crippen LogP contribution in [0.3, 0.4) is 0 Å². The number of alkyl halides is 2. The van der Waals surface area contributed by atoms with Gasteiger partial charge in [-0.1, -0.05) is 17.7 Å². The molecular formula is C14H21F2NO. The van der Waals surface area contributed by atoms with Gasteiger partial charge >= 0.3 is 0 Å². The van der Waals surface area contributed by atoms with Crippen molar-refractivity contribution in [2.75, 3.05) is 13.2 Å². The molecule has 2 N–H and O–H groups in total. The fraction of sp³-hybridized carbons (Fsp3) is 0.571. The van der Waals surface area contributed by atoms with Crippen LogP contribution >= 0.6 is 0 Å². The number of hydrogen-bond acceptors (Lipinski definition) is 2. The second-order valence-corrected chi connectivity index (χ2v) is 4.67. The summed E-state index contributed by atoms with van der Waals surface area (Å²) in [5, 5.41) is 0. The van der Waals surface area contributed by atoms with Crippen molar-refractivity contribution in [1.29, 1.82) is 0 Å². The molecule has 0 saturated carbocycles. The van der Waals surface area contributed by atoms with Crippen LogP contribution in [0.2, 0.25) is 0 Å². The molecule has 0 bridgehead atoms. The largest absolute Gasteiger partial charge is 0.375 e. The van der Waals surface area contributed by atoms with Gasteiger partial charge in [-0.25, -0.2) is 8.78 Å². The van der Waals surface area contributed by atoms with Gasteiger partial charge in [-0.05, 0) is 43.9 Å². The SMILES string of the molecule is Cc1cc(C)c(C(N)CCOCC(F)F)c(C)c1. The molecule has 0 saturated heterocycles. The smallest absolute Gasteiger partial charge is 0.261 e. The molecular weight excluding hydrogens is 236 g/mol. The highest BCUT2D eigenvalue weighted by Crippen LogP contribution is 2.24. The Hall–Kier alpha value is -1.00. The second kappa shape index (κ2) is 6.81. The number of ether oxygens (including phenoxy) is 1. The zero-order chi connectivity index (χ0) is 13.7. The number of hydrogen-bond donors (Lipinski definition) is 1. The molecule has 0 aliphatic heterocycles. The molecule has 1 aromatic rings. The van der Waals surface area contributed by atoms with Gasteiger partial charge in [0.05, 0.1) is 0 Å². The highest BCUT2D eigenvalue weighted by molar-refractivity contribution is 5.39. The summed E-state index contributed by atoms with van der Waals surface area (Å²) in [6, 6.07) is 4.01. The van der Waals surface area contributed by atoms with Gasteiger partial charge < -0.3 is 10.5 Å². The average molecular weight is 257 g/mol. The van der Waals surface area contributed by atoms with Crippen LogP contribution in [0, 0.1) is 20.8 Å². The topological polar surface area (TPSA) is 35.2 Å². The van der Waals surface area contributed by atoms with Crippen LogP contribution < -0.4 is 5.73 Å². The van der Waals surface area contributed by atoms with Gasteiger partial charge in [-0.15, -0.1) is 0 Å². The maximum absolute atomic E-state index is 11.9. The Labute approximate surface area is 107 Å². The minimum absolute atomic E-state index is 0.164. The van der Waals surface area contributed by atoms with Crippen molar-refractivity contribution in [3.05, 3.63) is 34.4 Å². The lowest BCUT2D eigenvalue weighted by Gasteiger charge is -2.18. The first kappa shape index (κ1) is 15.1. The van der Waals surface area contributed by atoms with Crippen molar-refractivity contribution in [3.8, 4) is 0 Å². The van der Waals surface area contributed by atoms with E-state index < -0.39 is 13.0 Å². The summed E-state index contributed by atoms with van der Waals surface area (Å²) in [5.74, 6) is 0. The van der Waals surface area contributed by atoms with Crippen molar-refractivity contribution >= 4 is 0 Å². The molecule has 102 valence electrons. The predicted molar refractivity (Wildman–Crippen MR) is 69.0 cm³/mol. The quantitative estimate of drug-likeness (QED) is 0.794. The van der Waals surface area contributed by atoms with E-state index in [2.05, 4.69) is 12.1 Å². The summed E-state index contributed by atoms with van der Waals surface area (Å²) < 4.78 is 28.7. The summed E-state index contributed by atoms with van der Waals surface area (Å²) >= 11 is 0. The Kier molecular flexibility index (Phi) is 5.69. The number of nitrogens with two attached hydrogens (primary N) is 1. The van der Waals surface area contributed by atoms with Gasteiger partial charge in [-0.3, -0.25) is 0 Å². The molecule has 0 aliphatic carbocycles. The van der Waals surface area contributed by atoms with E-state index in [-0.39, 0.29) is 12.6 Å². The van der Waals surface area contributed by atoms with E-state index >= 15 is 0 Å². The number of halogens is 2. The summed E-state index contributed by atoms with van der Waals surface area (Å²) in [6.45, 7) is 5.84. The fourth-order valence-electron chi connectivity index (χ4n) is 2.30. The first-order valence-electron chi connectivity index (χ1n) is 6.11. The molecule has 2 nitrogen and oxygen atoms in total. The summed E-state index contributed by atoms with van der Waals surface area (Å²) in [7, 11) is 0. The van der Waals surface area contributed by atoms with Crippen LogP contribution in [0.5, 0.6) is 0 Å². The van der Waals surface area contributed by atoms with Crippen molar-refractivity contribution in [3.63, 3.8) is 0 Å². The minimum Gasteiger partial charge on any atom is -0.375 e. The number of rotatable bonds is 6. The third-order valence-electron chi connectivity index (χ3n) is 2.93. The van der Waals surface area contributed by atoms with Crippen LogP contribution in [-0.4, -0.2) is 19.6 Å². The van der Waals surface area contributed by atoms with Crippen LogP contribution in [0.1, 0.15) is 34.7 Å². The van der Waals surface area contributed by atoms with Crippen LogP contribution in [0.25, 0.3) is 0 Å². The third-order valence-corrected chi connectivity index (χ3v) is 2.93. The molecule has 0 aromatic heterocycles. The van der Waals surface area contributed by atoms with Crippen LogP contribution in [0.4, 0.5) is 8.78 Å².